The summed E-state index contributed by atoms with van der Waals surface area (Å²) >= 11 is 1.60. The van der Waals surface area contributed by atoms with Crippen molar-refractivity contribution in [2.75, 3.05) is 7.11 Å². The SMILES string of the molecule is COc1c(C(F)F)cc(S(N)(=O)=O)nc1I. The van der Waals surface area contributed by atoms with E-state index in [0.717, 1.165) is 0 Å². The number of pyridine rings is 1. The van der Waals surface area contributed by atoms with Crippen LogP contribution in [0.4, 0.5) is 8.78 Å². The van der Waals surface area contributed by atoms with Crippen molar-refractivity contribution in [3.8, 4) is 5.75 Å². The first-order valence-corrected chi connectivity index (χ1v) is 6.45. The number of methoxy groups -OCH3 is 1. The van der Waals surface area contributed by atoms with E-state index < -0.39 is 27.0 Å². The number of rotatable bonds is 3. The van der Waals surface area contributed by atoms with E-state index in [0.29, 0.717) is 6.07 Å². The summed E-state index contributed by atoms with van der Waals surface area (Å²) in [5.41, 5.74) is -0.550. The van der Waals surface area contributed by atoms with E-state index in [1.165, 1.54) is 7.11 Å². The average Bonchev–Trinajstić information content (AvgIpc) is 2.14. The first-order valence-electron chi connectivity index (χ1n) is 3.82. The number of alkyl halides is 2. The molecule has 5 nitrogen and oxygen atoms in total. The lowest BCUT2D eigenvalue weighted by Crippen LogP contribution is -2.15. The fraction of sp³-hybridized carbons (Fsp3) is 0.286. The highest BCUT2D eigenvalue weighted by atomic mass is 127. The largest absolute Gasteiger partial charge is 0.493 e. The van der Waals surface area contributed by atoms with Gasteiger partial charge >= 0.3 is 0 Å². The van der Waals surface area contributed by atoms with Crippen molar-refractivity contribution >= 4 is 32.6 Å². The molecule has 0 aliphatic rings. The Hall–Kier alpha value is -0.550. The highest BCUT2D eigenvalue weighted by molar-refractivity contribution is 14.1. The van der Waals surface area contributed by atoms with E-state index in [2.05, 4.69) is 4.98 Å². The molecule has 0 spiro atoms. The Morgan fingerprint density at radius 1 is 1.56 bits per heavy atom. The molecule has 0 aromatic carbocycles. The number of primary sulfonamides is 1. The van der Waals surface area contributed by atoms with Gasteiger partial charge in [0.05, 0.1) is 12.7 Å². The summed E-state index contributed by atoms with van der Waals surface area (Å²) in [5, 5.41) is 4.20. The first kappa shape index (κ1) is 13.5. The lowest BCUT2D eigenvalue weighted by Gasteiger charge is -2.10. The molecule has 0 fully saturated rings. The van der Waals surface area contributed by atoms with Gasteiger partial charge in [0.2, 0.25) is 0 Å². The lowest BCUT2D eigenvalue weighted by molar-refractivity contribution is 0.146. The van der Waals surface area contributed by atoms with Gasteiger partial charge in [-0.25, -0.2) is 27.3 Å². The summed E-state index contributed by atoms with van der Waals surface area (Å²) in [6.07, 6.45) is -2.87. The van der Waals surface area contributed by atoms with Crippen molar-refractivity contribution in [1.82, 2.24) is 4.98 Å². The number of ether oxygens (including phenoxy) is 1. The van der Waals surface area contributed by atoms with Crippen LogP contribution in [0.1, 0.15) is 12.0 Å². The molecule has 90 valence electrons. The molecule has 1 heterocycles. The average molecular weight is 364 g/mol. The Morgan fingerprint density at radius 2 is 2.12 bits per heavy atom. The molecule has 1 rings (SSSR count). The molecule has 0 aliphatic carbocycles. The van der Waals surface area contributed by atoms with Gasteiger partial charge in [0.15, 0.2) is 10.8 Å². The number of aromatic nitrogens is 1. The van der Waals surface area contributed by atoms with Gasteiger partial charge in [0.1, 0.15) is 3.70 Å². The molecule has 9 heteroatoms. The molecule has 0 saturated carbocycles. The maximum atomic E-state index is 12.6. The van der Waals surface area contributed by atoms with Crippen molar-refractivity contribution < 1.29 is 21.9 Å². The molecule has 16 heavy (non-hydrogen) atoms. The molecular formula is C7H7F2IN2O3S. The normalized spacial score (nSPS) is 11.9. The van der Waals surface area contributed by atoms with Gasteiger partial charge in [0, 0.05) is 0 Å². The van der Waals surface area contributed by atoms with E-state index in [1.54, 1.807) is 22.6 Å². The predicted octanol–water partition coefficient (Wildman–Crippen LogP) is 1.28. The summed E-state index contributed by atoms with van der Waals surface area (Å²) in [6.45, 7) is 0. The van der Waals surface area contributed by atoms with E-state index >= 15 is 0 Å². The molecule has 0 saturated heterocycles. The maximum Gasteiger partial charge on any atom is 0.267 e. The number of sulfonamides is 1. The van der Waals surface area contributed by atoms with Gasteiger partial charge in [-0.15, -0.1) is 0 Å². The molecule has 2 N–H and O–H groups in total. The number of hydrogen-bond acceptors (Lipinski definition) is 4. The summed E-state index contributed by atoms with van der Waals surface area (Å²) in [6, 6.07) is 0.709. The van der Waals surface area contributed by atoms with Crippen molar-refractivity contribution in [1.29, 1.82) is 0 Å². The Bertz CT molecular complexity index is 507. The Balaban J connectivity index is 3.52. The zero-order valence-corrected chi connectivity index (χ0v) is 10.9. The van der Waals surface area contributed by atoms with Crippen LogP contribution < -0.4 is 9.88 Å². The maximum absolute atomic E-state index is 12.6. The first-order chi connectivity index (χ1) is 7.27. The molecule has 1 aromatic heterocycles. The minimum absolute atomic E-state index is 0.0157. The molecule has 0 amide bonds. The second-order valence-electron chi connectivity index (χ2n) is 2.72. The van der Waals surface area contributed by atoms with Crippen LogP contribution in [0, 0.1) is 3.70 Å². The lowest BCUT2D eigenvalue weighted by atomic mass is 10.2. The summed E-state index contributed by atoms with van der Waals surface area (Å²) in [5.74, 6) is -0.150. The van der Waals surface area contributed by atoms with Crippen LogP contribution in [-0.2, 0) is 10.0 Å². The van der Waals surface area contributed by atoms with Gasteiger partial charge in [-0.3, -0.25) is 0 Å². The Kier molecular flexibility index (Phi) is 4.02. The summed E-state index contributed by atoms with van der Waals surface area (Å²) in [7, 11) is -2.92. The molecule has 1 aromatic rings. The fourth-order valence-electron chi connectivity index (χ4n) is 1.01. The van der Waals surface area contributed by atoms with Crippen LogP contribution in [0.25, 0.3) is 0 Å². The van der Waals surface area contributed by atoms with E-state index in [4.69, 9.17) is 9.88 Å². The third-order valence-corrected chi connectivity index (χ3v) is 3.19. The number of nitrogens with zero attached hydrogens (tertiary/aromatic N) is 1. The van der Waals surface area contributed by atoms with Gasteiger partial charge in [-0.1, -0.05) is 0 Å². The Morgan fingerprint density at radius 3 is 2.50 bits per heavy atom. The predicted molar refractivity (Wildman–Crippen MR) is 59.8 cm³/mol. The summed E-state index contributed by atoms with van der Waals surface area (Å²) in [4.78, 5) is 3.57. The molecule has 0 aliphatic heterocycles. The zero-order chi connectivity index (χ0) is 12.5. The van der Waals surface area contributed by atoms with Crippen LogP contribution in [0.15, 0.2) is 11.1 Å². The van der Waals surface area contributed by atoms with Crippen molar-refractivity contribution in [2.45, 2.75) is 11.5 Å². The summed E-state index contributed by atoms with van der Waals surface area (Å²) < 4.78 is 51.9. The molecule has 0 unspecified atom stereocenters. The fourth-order valence-corrected chi connectivity index (χ4v) is 2.47. The van der Waals surface area contributed by atoms with Crippen molar-refractivity contribution in [3.05, 3.63) is 15.3 Å². The molecule has 0 bridgehead atoms. The van der Waals surface area contributed by atoms with Crippen LogP contribution in [0.3, 0.4) is 0 Å². The second-order valence-corrected chi connectivity index (χ2v) is 5.25. The van der Waals surface area contributed by atoms with Crippen LogP contribution >= 0.6 is 22.6 Å². The topological polar surface area (TPSA) is 82.3 Å². The van der Waals surface area contributed by atoms with E-state index in [1.807, 2.05) is 0 Å². The highest BCUT2D eigenvalue weighted by Crippen LogP contribution is 2.33. The van der Waals surface area contributed by atoms with E-state index in [-0.39, 0.29) is 9.45 Å². The van der Waals surface area contributed by atoms with Gasteiger partial charge < -0.3 is 4.74 Å². The highest BCUT2D eigenvalue weighted by Gasteiger charge is 2.22. The number of hydrogen-bond donors (Lipinski definition) is 1. The standard InChI is InChI=1S/C7H7F2IN2O3S/c1-15-5-3(6(8)9)2-4(12-7(5)10)16(11,13)14/h2,6H,1H3,(H2,11,13,14). The van der Waals surface area contributed by atoms with Gasteiger partial charge in [-0.05, 0) is 28.7 Å². The Labute approximate surface area is 104 Å². The smallest absolute Gasteiger partial charge is 0.267 e. The monoisotopic (exact) mass is 364 g/mol. The third kappa shape index (κ3) is 2.77. The molecular weight excluding hydrogens is 357 g/mol. The molecule has 0 atom stereocenters. The minimum atomic E-state index is -4.11. The van der Waals surface area contributed by atoms with Crippen LogP contribution in [0.2, 0.25) is 0 Å². The van der Waals surface area contributed by atoms with Crippen molar-refractivity contribution in [2.24, 2.45) is 5.14 Å². The number of halogens is 3. The van der Waals surface area contributed by atoms with Crippen LogP contribution in [0.5, 0.6) is 5.75 Å². The molecule has 0 radical (unpaired) electrons. The van der Waals surface area contributed by atoms with E-state index in [9.17, 15) is 17.2 Å². The van der Waals surface area contributed by atoms with Crippen LogP contribution in [-0.4, -0.2) is 20.5 Å². The second kappa shape index (κ2) is 4.75. The van der Waals surface area contributed by atoms with Gasteiger partial charge in [0.25, 0.3) is 16.4 Å². The quantitative estimate of drug-likeness (QED) is 0.647. The number of nitrogens with two attached hydrogens (primary N) is 1. The van der Waals surface area contributed by atoms with Crippen molar-refractivity contribution in [3.63, 3.8) is 0 Å². The minimum Gasteiger partial charge on any atom is -0.493 e. The zero-order valence-electron chi connectivity index (χ0n) is 7.95. The third-order valence-electron chi connectivity index (χ3n) is 1.67. The van der Waals surface area contributed by atoms with Gasteiger partial charge in [-0.2, -0.15) is 0 Å².